The van der Waals surface area contributed by atoms with Crippen molar-refractivity contribution in [2.45, 2.75) is 19.4 Å². The van der Waals surface area contributed by atoms with Gasteiger partial charge in [0.2, 0.25) is 0 Å². The molecule has 1 N–H and O–H groups in total. The van der Waals surface area contributed by atoms with Gasteiger partial charge in [-0.3, -0.25) is 9.69 Å². The molecule has 1 fully saturated rings. The summed E-state index contributed by atoms with van der Waals surface area (Å²) in [5.74, 6) is -0.180. The molecule has 5 heteroatoms. The molecule has 1 heterocycles. The molecule has 0 radical (unpaired) electrons. The Bertz CT molecular complexity index is 198. The van der Waals surface area contributed by atoms with Crippen LogP contribution in [0.25, 0.3) is 0 Å². The zero-order chi connectivity index (χ0) is 11.1. The maximum Gasteiger partial charge on any atom is 0.307 e. The summed E-state index contributed by atoms with van der Waals surface area (Å²) >= 11 is 0. The second-order valence-electron chi connectivity index (χ2n) is 3.50. The van der Waals surface area contributed by atoms with Crippen LogP contribution in [0.2, 0.25) is 0 Å². The van der Waals surface area contributed by atoms with E-state index in [4.69, 9.17) is 14.6 Å². The fourth-order valence-corrected chi connectivity index (χ4v) is 1.62. The van der Waals surface area contributed by atoms with Gasteiger partial charge in [-0.2, -0.15) is 0 Å². The van der Waals surface area contributed by atoms with Crippen molar-refractivity contribution >= 4 is 5.97 Å². The molecule has 0 spiro atoms. The van der Waals surface area contributed by atoms with E-state index in [9.17, 15) is 4.79 Å². The maximum absolute atomic E-state index is 11.1. The number of hydrogen-bond acceptors (Lipinski definition) is 5. The third-order valence-corrected chi connectivity index (χ3v) is 2.47. The van der Waals surface area contributed by atoms with Crippen LogP contribution in [0.5, 0.6) is 0 Å². The van der Waals surface area contributed by atoms with Crippen molar-refractivity contribution in [3.63, 3.8) is 0 Å². The van der Waals surface area contributed by atoms with Gasteiger partial charge in [-0.1, -0.05) is 0 Å². The molecule has 88 valence electrons. The summed E-state index contributed by atoms with van der Waals surface area (Å²) in [6, 6.07) is 0.0215. The molecular formula is C10H19NO4. The Hall–Kier alpha value is -0.650. The average molecular weight is 217 g/mol. The van der Waals surface area contributed by atoms with E-state index in [1.54, 1.807) is 6.92 Å². The first-order chi connectivity index (χ1) is 7.27. The van der Waals surface area contributed by atoms with Crippen LogP contribution in [0.4, 0.5) is 0 Å². The Morgan fingerprint density at radius 2 is 2.47 bits per heavy atom. The molecule has 15 heavy (non-hydrogen) atoms. The molecule has 0 aliphatic carbocycles. The van der Waals surface area contributed by atoms with Gasteiger partial charge in [-0.15, -0.1) is 0 Å². The van der Waals surface area contributed by atoms with Gasteiger partial charge in [0, 0.05) is 13.1 Å². The van der Waals surface area contributed by atoms with Crippen molar-refractivity contribution in [2.24, 2.45) is 0 Å². The monoisotopic (exact) mass is 217 g/mol. The predicted molar refractivity (Wildman–Crippen MR) is 54.5 cm³/mol. The van der Waals surface area contributed by atoms with Crippen LogP contribution in [0.1, 0.15) is 13.3 Å². The lowest BCUT2D eigenvalue weighted by atomic mass is 10.2. The Morgan fingerprint density at radius 1 is 1.67 bits per heavy atom. The number of nitrogens with zero attached hydrogens (tertiary/aromatic N) is 1. The first-order valence-electron chi connectivity index (χ1n) is 5.36. The average Bonchev–Trinajstić information content (AvgIpc) is 2.27. The number of morpholine rings is 1. The minimum atomic E-state index is -0.180. The number of hydrogen-bond donors (Lipinski definition) is 1. The Balaban J connectivity index is 2.26. The molecule has 1 unspecified atom stereocenters. The molecule has 1 rings (SSSR count). The topological polar surface area (TPSA) is 59.0 Å². The minimum absolute atomic E-state index is 0.0215. The summed E-state index contributed by atoms with van der Waals surface area (Å²) in [6.45, 7) is 4.90. The lowest BCUT2D eigenvalue weighted by Gasteiger charge is -2.34. The van der Waals surface area contributed by atoms with Crippen molar-refractivity contribution in [1.82, 2.24) is 4.90 Å². The van der Waals surface area contributed by atoms with E-state index in [0.717, 1.165) is 6.54 Å². The third kappa shape index (κ3) is 4.15. The van der Waals surface area contributed by atoms with Crippen LogP contribution in [0, 0.1) is 0 Å². The molecule has 0 bridgehead atoms. The molecule has 1 atom stereocenters. The lowest BCUT2D eigenvalue weighted by molar-refractivity contribution is -0.144. The number of carbonyl (C=O) groups excluding carboxylic acids is 1. The van der Waals surface area contributed by atoms with Crippen molar-refractivity contribution in [3.8, 4) is 0 Å². The molecule has 1 aliphatic rings. The van der Waals surface area contributed by atoms with E-state index >= 15 is 0 Å². The molecule has 0 amide bonds. The second kappa shape index (κ2) is 6.76. The fraction of sp³-hybridized carbons (Fsp3) is 0.900. The molecular weight excluding hydrogens is 198 g/mol. The number of ether oxygens (including phenoxy) is 2. The van der Waals surface area contributed by atoms with Crippen LogP contribution in [-0.4, -0.2) is 61.5 Å². The summed E-state index contributed by atoms with van der Waals surface area (Å²) in [5.41, 5.74) is 0. The second-order valence-corrected chi connectivity index (χ2v) is 3.50. The third-order valence-electron chi connectivity index (χ3n) is 2.47. The SMILES string of the molecule is CCOC(=O)CCN1CCOCC1CO. The van der Waals surface area contributed by atoms with Gasteiger partial charge >= 0.3 is 5.97 Å². The van der Waals surface area contributed by atoms with E-state index in [1.807, 2.05) is 0 Å². The summed E-state index contributed by atoms with van der Waals surface area (Å²) in [6.07, 6.45) is 0.379. The lowest BCUT2D eigenvalue weighted by Crippen LogP contribution is -2.48. The van der Waals surface area contributed by atoms with Crippen LogP contribution >= 0.6 is 0 Å². The molecule has 0 aromatic heterocycles. The van der Waals surface area contributed by atoms with Gasteiger partial charge in [0.1, 0.15) is 0 Å². The van der Waals surface area contributed by atoms with Gasteiger partial charge in [-0.25, -0.2) is 0 Å². The molecule has 5 nitrogen and oxygen atoms in total. The number of rotatable bonds is 5. The van der Waals surface area contributed by atoms with E-state index in [0.29, 0.717) is 32.8 Å². The van der Waals surface area contributed by atoms with Gasteiger partial charge in [-0.05, 0) is 6.92 Å². The van der Waals surface area contributed by atoms with Crippen molar-refractivity contribution < 1.29 is 19.4 Å². The van der Waals surface area contributed by atoms with Crippen molar-refractivity contribution in [3.05, 3.63) is 0 Å². The number of esters is 1. The Labute approximate surface area is 90.0 Å². The van der Waals surface area contributed by atoms with E-state index in [1.165, 1.54) is 0 Å². The summed E-state index contributed by atoms with van der Waals surface area (Å²) in [4.78, 5) is 13.2. The molecule has 1 aliphatic heterocycles. The van der Waals surface area contributed by atoms with Crippen molar-refractivity contribution in [2.75, 3.05) is 39.5 Å². The molecule has 0 aromatic carbocycles. The number of carbonyl (C=O) groups is 1. The highest BCUT2D eigenvalue weighted by Crippen LogP contribution is 2.07. The Morgan fingerprint density at radius 3 is 3.13 bits per heavy atom. The van der Waals surface area contributed by atoms with Crippen LogP contribution in [0.15, 0.2) is 0 Å². The van der Waals surface area contributed by atoms with Crippen LogP contribution in [0.3, 0.4) is 0 Å². The van der Waals surface area contributed by atoms with Gasteiger partial charge in [0.05, 0.1) is 38.9 Å². The first kappa shape index (κ1) is 12.4. The zero-order valence-corrected chi connectivity index (χ0v) is 9.15. The Kier molecular flexibility index (Phi) is 5.60. The summed E-state index contributed by atoms with van der Waals surface area (Å²) in [7, 11) is 0. The highest BCUT2D eigenvalue weighted by molar-refractivity contribution is 5.69. The highest BCUT2D eigenvalue weighted by atomic mass is 16.5. The van der Waals surface area contributed by atoms with Crippen LogP contribution in [-0.2, 0) is 14.3 Å². The van der Waals surface area contributed by atoms with Crippen molar-refractivity contribution in [1.29, 1.82) is 0 Å². The van der Waals surface area contributed by atoms with E-state index in [-0.39, 0.29) is 18.6 Å². The fourth-order valence-electron chi connectivity index (χ4n) is 1.62. The molecule has 0 aromatic rings. The molecule has 1 saturated heterocycles. The first-order valence-corrected chi connectivity index (χ1v) is 5.36. The smallest absolute Gasteiger partial charge is 0.307 e. The minimum Gasteiger partial charge on any atom is -0.466 e. The van der Waals surface area contributed by atoms with Crippen LogP contribution < -0.4 is 0 Å². The van der Waals surface area contributed by atoms with Gasteiger partial charge in [0.15, 0.2) is 0 Å². The van der Waals surface area contributed by atoms with E-state index in [2.05, 4.69) is 4.90 Å². The summed E-state index contributed by atoms with van der Waals surface area (Å²) in [5, 5.41) is 9.09. The predicted octanol–water partition coefficient (Wildman–Crippen LogP) is -0.367. The maximum atomic E-state index is 11.1. The largest absolute Gasteiger partial charge is 0.466 e. The normalized spacial score (nSPS) is 22.7. The van der Waals surface area contributed by atoms with Gasteiger partial charge in [0.25, 0.3) is 0 Å². The standard InChI is InChI=1S/C10H19NO4/c1-2-15-10(13)3-4-11-5-6-14-8-9(11)7-12/h9,12H,2-8H2,1H3. The number of aliphatic hydroxyl groups excluding tert-OH is 1. The molecule has 0 saturated carbocycles. The zero-order valence-electron chi connectivity index (χ0n) is 9.15. The van der Waals surface area contributed by atoms with Gasteiger partial charge < -0.3 is 14.6 Å². The summed E-state index contributed by atoms with van der Waals surface area (Å²) < 4.78 is 10.1. The van der Waals surface area contributed by atoms with E-state index < -0.39 is 0 Å². The highest BCUT2D eigenvalue weighted by Gasteiger charge is 2.22. The number of aliphatic hydroxyl groups is 1. The quantitative estimate of drug-likeness (QED) is 0.637.